The van der Waals surface area contributed by atoms with Crippen molar-refractivity contribution in [3.63, 3.8) is 0 Å². The van der Waals surface area contributed by atoms with E-state index >= 15 is 0 Å². The normalized spacial score (nSPS) is 14.7. The fraction of sp³-hybridized carbons (Fsp3) is 0.435. The quantitative estimate of drug-likeness (QED) is 0.536. The van der Waals surface area contributed by atoms with Crippen LogP contribution in [0.3, 0.4) is 0 Å². The third-order valence-corrected chi connectivity index (χ3v) is 7.15. The SMILES string of the molecule is CCOC(=O)C1CCN(C(=O)CN(C)C(=O)c2ccc(CS(=O)(=O)c3ccccc3)o2)CC1. The molecule has 0 aliphatic carbocycles. The number of furan rings is 1. The molecule has 0 bridgehead atoms. The van der Waals surface area contributed by atoms with E-state index in [1.165, 1.54) is 36.2 Å². The van der Waals surface area contributed by atoms with Crippen LogP contribution in [0.5, 0.6) is 0 Å². The summed E-state index contributed by atoms with van der Waals surface area (Å²) in [6, 6.07) is 10.8. The van der Waals surface area contributed by atoms with E-state index in [2.05, 4.69) is 0 Å². The van der Waals surface area contributed by atoms with Crippen molar-refractivity contribution in [3.05, 3.63) is 54.0 Å². The van der Waals surface area contributed by atoms with Gasteiger partial charge in [-0.15, -0.1) is 0 Å². The number of hydrogen-bond donors (Lipinski definition) is 0. The molecule has 0 saturated carbocycles. The predicted octanol–water partition coefficient (Wildman–Crippen LogP) is 2.13. The molecule has 2 heterocycles. The Hall–Kier alpha value is -3.14. The second kappa shape index (κ2) is 10.7. The van der Waals surface area contributed by atoms with Crippen LogP contribution < -0.4 is 0 Å². The van der Waals surface area contributed by atoms with E-state index in [9.17, 15) is 22.8 Å². The van der Waals surface area contributed by atoms with Gasteiger partial charge in [0.1, 0.15) is 11.5 Å². The number of piperidine rings is 1. The number of carbonyl (C=O) groups excluding carboxylic acids is 3. The molecule has 33 heavy (non-hydrogen) atoms. The van der Waals surface area contributed by atoms with Gasteiger partial charge in [-0.25, -0.2) is 8.42 Å². The average molecular weight is 477 g/mol. The standard InChI is InChI=1S/C23H28N2O7S/c1-3-31-23(28)17-11-13-25(14-12-17)21(26)15-24(2)22(27)20-10-9-18(32-20)16-33(29,30)19-7-5-4-6-8-19/h4-10,17H,3,11-16H2,1-2H3. The molecular weight excluding hydrogens is 448 g/mol. The highest BCUT2D eigenvalue weighted by Crippen LogP contribution is 2.20. The first-order valence-electron chi connectivity index (χ1n) is 10.8. The molecule has 3 rings (SSSR count). The van der Waals surface area contributed by atoms with Crippen molar-refractivity contribution in [2.45, 2.75) is 30.4 Å². The van der Waals surface area contributed by atoms with Gasteiger partial charge in [-0.2, -0.15) is 0 Å². The molecular formula is C23H28N2O7S. The number of likely N-dealkylation sites (N-methyl/N-ethyl adjacent to an activating group) is 1. The summed E-state index contributed by atoms with van der Waals surface area (Å²) in [5, 5.41) is 0. The molecule has 1 aromatic heterocycles. The monoisotopic (exact) mass is 476 g/mol. The Kier molecular flexibility index (Phi) is 7.91. The van der Waals surface area contributed by atoms with E-state index in [1.807, 2.05) is 0 Å². The molecule has 0 atom stereocenters. The van der Waals surface area contributed by atoms with Crippen LogP contribution in [0.1, 0.15) is 36.1 Å². The number of likely N-dealkylation sites (tertiary alicyclic amines) is 1. The smallest absolute Gasteiger partial charge is 0.309 e. The first kappa shape index (κ1) is 24.5. The van der Waals surface area contributed by atoms with Gasteiger partial charge in [-0.3, -0.25) is 14.4 Å². The van der Waals surface area contributed by atoms with Crippen LogP contribution in [0, 0.1) is 5.92 Å². The van der Waals surface area contributed by atoms with Gasteiger partial charge >= 0.3 is 5.97 Å². The van der Waals surface area contributed by atoms with Gasteiger partial charge in [0.25, 0.3) is 5.91 Å². The lowest BCUT2D eigenvalue weighted by molar-refractivity contribution is -0.151. The maximum Gasteiger partial charge on any atom is 0.309 e. The zero-order chi connectivity index (χ0) is 24.0. The first-order valence-corrected chi connectivity index (χ1v) is 12.4. The summed E-state index contributed by atoms with van der Waals surface area (Å²) in [7, 11) is -2.13. The summed E-state index contributed by atoms with van der Waals surface area (Å²) in [6.45, 7) is 2.78. The van der Waals surface area contributed by atoms with E-state index < -0.39 is 15.7 Å². The van der Waals surface area contributed by atoms with Crippen molar-refractivity contribution in [2.75, 3.05) is 33.3 Å². The van der Waals surface area contributed by atoms with Gasteiger partial charge in [0.2, 0.25) is 5.91 Å². The van der Waals surface area contributed by atoms with Gasteiger partial charge in [0, 0.05) is 20.1 Å². The first-order chi connectivity index (χ1) is 15.7. The molecule has 0 spiro atoms. The molecule has 1 aliphatic heterocycles. The number of sulfone groups is 1. The van der Waals surface area contributed by atoms with Gasteiger partial charge in [-0.1, -0.05) is 18.2 Å². The summed E-state index contributed by atoms with van der Waals surface area (Å²) < 4.78 is 35.5. The van der Waals surface area contributed by atoms with Crippen molar-refractivity contribution < 1.29 is 32.0 Å². The number of carbonyl (C=O) groups is 3. The van der Waals surface area contributed by atoms with Crippen molar-refractivity contribution in [3.8, 4) is 0 Å². The van der Waals surface area contributed by atoms with Crippen LogP contribution >= 0.6 is 0 Å². The zero-order valence-electron chi connectivity index (χ0n) is 18.7. The molecule has 1 fully saturated rings. The maximum absolute atomic E-state index is 12.7. The fourth-order valence-corrected chi connectivity index (χ4v) is 4.92. The van der Waals surface area contributed by atoms with E-state index in [0.717, 1.165) is 0 Å². The molecule has 1 saturated heterocycles. The molecule has 1 aliphatic rings. The van der Waals surface area contributed by atoms with Crippen LogP contribution in [0.15, 0.2) is 51.8 Å². The lowest BCUT2D eigenvalue weighted by atomic mass is 9.97. The topological polar surface area (TPSA) is 114 Å². The summed E-state index contributed by atoms with van der Waals surface area (Å²) in [5.74, 6) is -1.46. The Labute approximate surface area is 193 Å². The van der Waals surface area contributed by atoms with Gasteiger partial charge < -0.3 is 19.0 Å². The Morgan fingerprint density at radius 2 is 1.76 bits per heavy atom. The molecule has 0 N–H and O–H groups in total. The molecule has 178 valence electrons. The summed E-state index contributed by atoms with van der Waals surface area (Å²) in [5.41, 5.74) is 0. The number of benzene rings is 1. The van der Waals surface area contributed by atoms with Crippen LogP contribution in [0.25, 0.3) is 0 Å². The number of nitrogens with zero attached hydrogens (tertiary/aromatic N) is 2. The molecule has 0 radical (unpaired) electrons. The van der Waals surface area contributed by atoms with Crippen LogP contribution in [-0.2, 0) is 29.9 Å². The highest BCUT2D eigenvalue weighted by atomic mass is 32.2. The van der Waals surface area contributed by atoms with Gasteiger partial charge in [-0.05, 0) is 44.0 Å². The Bertz CT molecular complexity index is 1090. The van der Waals surface area contributed by atoms with Crippen LogP contribution in [0.2, 0.25) is 0 Å². The van der Waals surface area contributed by atoms with E-state index in [-0.39, 0.29) is 46.5 Å². The number of amides is 2. The van der Waals surface area contributed by atoms with Crippen molar-refractivity contribution in [2.24, 2.45) is 5.92 Å². The maximum atomic E-state index is 12.7. The van der Waals surface area contributed by atoms with Crippen molar-refractivity contribution in [1.29, 1.82) is 0 Å². The second-order valence-electron chi connectivity index (χ2n) is 7.91. The van der Waals surface area contributed by atoms with Crippen LogP contribution in [-0.4, -0.2) is 69.3 Å². The molecule has 0 unspecified atom stereocenters. The molecule has 1 aromatic carbocycles. The number of rotatable bonds is 8. The fourth-order valence-electron chi connectivity index (χ4n) is 3.66. The van der Waals surface area contributed by atoms with Crippen molar-refractivity contribution >= 4 is 27.6 Å². The summed E-state index contributed by atoms with van der Waals surface area (Å²) >= 11 is 0. The summed E-state index contributed by atoms with van der Waals surface area (Å²) in [6.07, 6.45) is 1.05. The predicted molar refractivity (Wildman–Crippen MR) is 119 cm³/mol. The Morgan fingerprint density at radius 3 is 2.39 bits per heavy atom. The molecule has 10 heteroatoms. The van der Waals surface area contributed by atoms with Gasteiger partial charge in [0.05, 0.1) is 24.0 Å². The van der Waals surface area contributed by atoms with E-state index in [1.54, 1.807) is 30.0 Å². The molecule has 2 aromatic rings. The zero-order valence-corrected chi connectivity index (χ0v) is 19.5. The van der Waals surface area contributed by atoms with Gasteiger partial charge in [0.15, 0.2) is 15.6 Å². The third-order valence-electron chi connectivity index (χ3n) is 5.49. The molecule has 2 amide bonds. The lowest BCUT2D eigenvalue weighted by Gasteiger charge is -2.32. The highest BCUT2D eigenvalue weighted by molar-refractivity contribution is 7.90. The highest BCUT2D eigenvalue weighted by Gasteiger charge is 2.29. The second-order valence-corrected chi connectivity index (χ2v) is 9.90. The summed E-state index contributed by atoms with van der Waals surface area (Å²) in [4.78, 5) is 40.1. The van der Waals surface area contributed by atoms with Crippen LogP contribution in [0.4, 0.5) is 0 Å². The lowest BCUT2D eigenvalue weighted by Crippen LogP contribution is -2.45. The Balaban J connectivity index is 1.54. The van der Waals surface area contributed by atoms with E-state index in [0.29, 0.717) is 32.5 Å². The third kappa shape index (κ3) is 6.22. The van der Waals surface area contributed by atoms with Crippen molar-refractivity contribution in [1.82, 2.24) is 9.80 Å². The average Bonchev–Trinajstić information content (AvgIpc) is 3.27. The number of ether oxygens (including phenoxy) is 1. The number of esters is 1. The minimum absolute atomic E-state index is 0.0374. The molecule has 9 nitrogen and oxygen atoms in total. The Morgan fingerprint density at radius 1 is 1.09 bits per heavy atom. The minimum atomic E-state index is -3.61. The minimum Gasteiger partial charge on any atom is -0.466 e. The van der Waals surface area contributed by atoms with E-state index in [4.69, 9.17) is 9.15 Å². The largest absolute Gasteiger partial charge is 0.466 e. The number of hydrogen-bond acceptors (Lipinski definition) is 7.